The summed E-state index contributed by atoms with van der Waals surface area (Å²) in [6.07, 6.45) is 0. The van der Waals surface area contributed by atoms with Crippen LogP contribution in [-0.2, 0) is 9.90 Å². The number of nitrogens with two attached hydrogens (primary N) is 1. The molecule has 1 radical (unpaired) electrons. The Labute approximate surface area is 29.4 Å². The Morgan fingerprint density at radius 2 is 2.00 bits per heavy atom. The molecule has 0 bridgehead atoms. The van der Waals surface area contributed by atoms with Gasteiger partial charge in [-0.15, -0.1) is 0 Å². The van der Waals surface area contributed by atoms with Gasteiger partial charge in [0.15, 0.2) is 6.61 Å². The molecule has 0 atom stereocenters. The summed E-state index contributed by atoms with van der Waals surface area (Å²) in [4.78, 5) is 9.28. The van der Waals surface area contributed by atoms with Gasteiger partial charge in [0.05, 0.1) is 0 Å². The molecule has 0 fully saturated rings. The molecule has 2 N–H and O–H groups in total. The first-order chi connectivity index (χ1) is 2.27. The monoisotopic (exact) mass is 74.0 g/mol. The number of rotatable bonds is 1. The van der Waals surface area contributed by atoms with Crippen LogP contribution in [0.3, 0.4) is 0 Å². The van der Waals surface area contributed by atoms with Gasteiger partial charge in [0, 0.05) is 0 Å². The first-order valence-corrected chi connectivity index (χ1v) is 1.14. The minimum Gasteiger partial charge on any atom is -0.368 e. The first-order valence-electron chi connectivity index (χ1n) is 1.14. The quantitative estimate of drug-likeness (QED) is 0.421. The van der Waals surface area contributed by atoms with Crippen molar-refractivity contribution in [1.82, 2.24) is 0 Å². The van der Waals surface area contributed by atoms with Crippen molar-refractivity contribution in [3.63, 3.8) is 0 Å². The molecule has 0 rings (SSSR count). The number of carbonyl (C=O) groups is 1. The molecule has 29 valence electrons. The van der Waals surface area contributed by atoms with Gasteiger partial charge in [-0.1, -0.05) is 0 Å². The summed E-state index contributed by atoms with van der Waals surface area (Å²) in [5.41, 5.74) is 4.34. The minimum absolute atomic E-state index is 0.801. The van der Waals surface area contributed by atoms with Crippen LogP contribution in [0.5, 0.6) is 0 Å². The molecule has 0 aromatic rings. The number of amides is 1. The molecular weight excluding hydrogens is 70.0 g/mol. The molecule has 0 aliphatic heterocycles. The third-order valence-electron chi connectivity index (χ3n) is 0.142. The van der Waals surface area contributed by atoms with Gasteiger partial charge in [0.1, 0.15) is 0 Å². The zero-order valence-corrected chi connectivity index (χ0v) is 2.60. The molecule has 0 unspecified atom stereocenters. The molecule has 5 heavy (non-hydrogen) atoms. The van der Waals surface area contributed by atoms with Crippen molar-refractivity contribution < 1.29 is 9.90 Å². The van der Waals surface area contributed by atoms with Crippen molar-refractivity contribution in [2.24, 2.45) is 5.73 Å². The van der Waals surface area contributed by atoms with Crippen LogP contribution in [0.25, 0.3) is 0 Å². The number of hydrogen-bond donors (Lipinski definition) is 1. The lowest BCUT2D eigenvalue weighted by Gasteiger charge is -1.70. The van der Waals surface area contributed by atoms with E-state index >= 15 is 0 Å². The summed E-state index contributed by atoms with van der Waals surface area (Å²) >= 11 is 0. The third kappa shape index (κ3) is 3.43. The molecule has 0 aliphatic carbocycles. The van der Waals surface area contributed by atoms with Crippen LogP contribution in [0.4, 0.5) is 0 Å². The SMILES string of the molecule is NC(=O)C[O]. The van der Waals surface area contributed by atoms with Crippen molar-refractivity contribution in [3.8, 4) is 0 Å². The predicted octanol–water partition coefficient (Wildman–Crippen LogP) is -1.10. The maximum absolute atomic E-state index is 9.28. The molecule has 0 spiro atoms. The zero-order chi connectivity index (χ0) is 4.28. The van der Waals surface area contributed by atoms with Crippen LogP contribution in [0.15, 0.2) is 0 Å². The smallest absolute Gasteiger partial charge is 0.246 e. The van der Waals surface area contributed by atoms with Gasteiger partial charge in [0.25, 0.3) is 0 Å². The fourth-order valence-electron chi connectivity index (χ4n) is 0. The van der Waals surface area contributed by atoms with Gasteiger partial charge in [0.2, 0.25) is 5.91 Å². The summed E-state index contributed by atoms with van der Waals surface area (Å²) < 4.78 is 0. The molecule has 0 heterocycles. The summed E-state index contributed by atoms with van der Waals surface area (Å²) in [7, 11) is 0. The van der Waals surface area contributed by atoms with Crippen LogP contribution in [-0.4, -0.2) is 12.5 Å². The second kappa shape index (κ2) is 1.72. The van der Waals surface area contributed by atoms with Gasteiger partial charge in [-0.2, -0.15) is 0 Å². The summed E-state index contributed by atoms with van der Waals surface area (Å²) in [6, 6.07) is 0. The summed E-state index contributed by atoms with van der Waals surface area (Å²) in [5, 5.41) is 9.16. The highest BCUT2D eigenvalue weighted by Crippen LogP contribution is 1.44. The summed E-state index contributed by atoms with van der Waals surface area (Å²) in [6.45, 7) is -0.806. The molecule has 1 amide bonds. The van der Waals surface area contributed by atoms with E-state index in [4.69, 9.17) is 5.11 Å². The van der Waals surface area contributed by atoms with E-state index in [0.717, 1.165) is 0 Å². The van der Waals surface area contributed by atoms with Gasteiger partial charge in [-0.25, -0.2) is 5.11 Å². The van der Waals surface area contributed by atoms with E-state index in [9.17, 15) is 4.79 Å². The van der Waals surface area contributed by atoms with Crippen LogP contribution in [0.1, 0.15) is 0 Å². The molecule has 3 nitrogen and oxygen atoms in total. The Morgan fingerprint density at radius 3 is 2.00 bits per heavy atom. The van der Waals surface area contributed by atoms with Crippen LogP contribution in [0.2, 0.25) is 0 Å². The minimum atomic E-state index is -0.806. The molecule has 0 aromatic carbocycles. The Morgan fingerprint density at radius 1 is 1.80 bits per heavy atom. The van der Waals surface area contributed by atoms with E-state index < -0.39 is 12.5 Å². The fourth-order valence-corrected chi connectivity index (χ4v) is 0. The number of primary amides is 1. The lowest BCUT2D eigenvalue weighted by Crippen LogP contribution is -2.13. The average Bonchev–Trinajstić information content (AvgIpc) is 1.38. The molecule has 0 saturated heterocycles. The Bertz CT molecular complexity index is 42.9. The Balaban J connectivity index is 2.85. The van der Waals surface area contributed by atoms with Crippen molar-refractivity contribution in [1.29, 1.82) is 0 Å². The topological polar surface area (TPSA) is 63.0 Å². The second-order valence-electron chi connectivity index (χ2n) is 0.611. The molecule has 3 heteroatoms. The first kappa shape index (κ1) is 4.43. The highest BCUT2D eigenvalue weighted by Gasteiger charge is 1.81. The predicted molar refractivity (Wildman–Crippen MR) is 14.7 cm³/mol. The lowest BCUT2D eigenvalue weighted by molar-refractivity contribution is -0.122. The Kier molecular flexibility index (Phi) is 1.53. The van der Waals surface area contributed by atoms with E-state index in [1.54, 1.807) is 0 Å². The number of carbonyl (C=O) groups excluding carboxylic acids is 1. The van der Waals surface area contributed by atoms with Gasteiger partial charge >= 0.3 is 0 Å². The van der Waals surface area contributed by atoms with Crippen molar-refractivity contribution in [3.05, 3.63) is 0 Å². The molecule has 0 saturated carbocycles. The highest BCUT2D eigenvalue weighted by molar-refractivity contribution is 5.74. The van der Waals surface area contributed by atoms with E-state index in [-0.39, 0.29) is 0 Å². The fraction of sp³-hybridized carbons (Fsp3) is 0.500. The van der Waals surface area contributed by atoms with Crippen LogP contribution in [0, 0.1) is 0 Å². The maximum atomic E-state index is 9.28. The van der Waals surface area contributed by atoms with Gasteiger partial charge in [-0.3, -0.25) is 4.79 Å². The van der Waals surface area contributed by atoms with Gasteiger partial charge in [-0.05, 0) is 0 Å². The molecule has 0 aliphatic rings. The average molecular weight is 74.1 g/mol. The summed E-state index contributed by atoms with van der Waals surface area (Å²) in [5.74, 6) is -0.801. The maximum Gasteiger partial charge on any atom is 0.246 e. The van der Waals surface area contributed by atoms with E-state index in [2.05, 4.69) is 5.73 Å². The van der Waals surface area contributed by atoms with E-state index in [0.29, 0.717) is 0 Å². The van der Waals surface area contributed by atoms with Crippen LogP contribution >= 0.6 is 0 Å². The zero-order valence-electron chi connectivity index (χ0n) is 2.60. The standard InChI is InChI=1S/C2H4NO2/c3-2(5)1-4/h1H2,(H2,3,5). The van der Waals surface area contributed by atoms with E-state index in [1.807, 2.05) is 0 Å². The molecule has 0 aromatic heterocycles. The Hall–Kier alpha value is -0.570. The van der Waals surface area contributed by atoms with Crippen molar-refractivity contribution in [2.75, 3.05) is 6.61 Å². The van der Waals surface area contributed by atoms with E-state index in [1.165, 1.54) is 0 Å². The largest absolute Gasteiger partial charge is 0.368 e. The van der Waals surface area contributed by atoms with Crippen LogP contribution < -0.4 is 5.73 Å². The third-order valence-corrected chi connectivity index (χ3v) is 0.142. The normalized spacial score (nSPS) is 7.40. The lowest BCUT2D eigenvalue weighted by atomic mass is 10.7. The van der Waals surface area contributed by atoms with Crippen molar-refractivity contribution in [2.45, 2.75) is 0 Å². The van der Waals surface area contributed by atoms with Crippen molar-refractivity contribution >= 4 is 5.91 Å². The highest BCUT2D eigenvalue weighted by atomic mass is 16.3. The van der Waals surface area contributed by atoms with Gasteiger partial charge < -0.3 is 5.73 Å². The molecular formula is C2H4NO2. The second-order valence-corrected chi connectivity index (χ2v) is 0.611. The number of hydrogen-bond acceptors (Lipinski definition) is 1.